The molecule has 5 amide bonds. The Morgan fingerprint density at radius 1 is 0.449 bits per heavy atom. The molecule has 2 atom stereocenters. The van der Waals surface area contributed by atoms with E-state index in [0.717, 1.165) is 25.0 Å². The van der Waals surface area contributed by atoms with Gasteiger partial charge in [-0.25, -0.2) is 14.3 Å². The minimum absolute atomic E-state index is 0.00553. The van der Waals surface area contributed by atoms with E-state index in [1.165, 1.54) is 13.8 Å². The van der Waals surface area contributed by atoms with E-state index in [1.54, 1.807) is 4.68 Å². The van der Waals surface area contributed by atoms with Gasteiger partial charge in [0, 0.05) is 166 Å². The Hall–Kier alpha value is -6.79. The van der Waals surface area contributed by atoms with Crippen molar-refractivity contribution in [2.45, 2.75) is 231 Å². The van der Waals surface area contributed by atoms with Crippen LogP contribution in [0.4, 0.5) is 0 Å². The average Bonchev–Trinajstić information content (AvgIpc) is 1.19. The normalized spacial score (nSPS) is 11.7. The lowest BCUT2D eigenvalue weighted by Gasteiger charge is -2.16. The molecule has 0 aromatic carbocycles. The highest BCUT2D eigenvalue weighted by atomic mass is 16.5. The van der Waals surface area contributed by atoms with Crippen molar-refractivity contribution in [2.24, 2.45) is 22.7 Å². The molecule has 0 bridgehead atoms. The predicted octanol–water partition coefficient (Wildman–Crippen LogP) is 5.90. The largest absolute Gasteiger partial charge is 0.480 e. The van der Waals surface area contributed by atoms with Gasteiger partial charge in [0.1, 0.15) is 46.8 Å². The van der Waals surface area contributed by atoms with Gasteiger partial charge in [-0.05, 0) is 38.5 Å². The smallest absolute Gasteiger partial charge is 0.326 e. The van der Waals surface area contributed by atoms with Crippen molar-refractivity contribution in [3.63, 3.8) is 0 Å². The van der Waals surface area contributed by atoms with Gasteiger partial charge in [-0.1, -0.05) is 88.3 Å². The van der Waals surface area contributed by atoms with Crippen LogP contribution >= 0.6 is 0 Å². The molecule has 564 valence electrons. The molecule has 0 radical (unpaired) electrons. The fourth-order valence-corrected chi connectivity index (χ4v) is 7.69. The summed E-state index contributed by atoms with van der Waals surface area (Å²) in [7, 11) is 0. The third-order valence-corrected chi connectivity index (χ3v) is 14.0. The lowest BCUT2D eigenvalue weighted by molar-refractivity contribution is -0.142. The summed E-state index contributed by atoms with van der Waals surface area (Å²) in [5, 5.41) is 38.8. The standard InChI is InChI=1S/C23H41N5O5.C17H30N2O7.C16H27NO6.C13H24O3/c1-5-21(30)24-11-6-14-32-15-7-12-25-22(31)9-8-19-18-28(27-26-19)13-17-33-16-10-20(29)23(2,3)4;1-12(2)15(21)6-8-25-10-11-26-9-7-18-16(22)5-4-14(17(23)24)19-13(3)20;1-11(2)15(20)8-10-23-9-4-5-13(19)6-7-14(16(21)22)17-12(3)18;1-5-11(14)7-6-9-16-10-8-12(15)13(2,3)4/h18H,5-17H2,1-4H3,(H,24,30)(H,25,31);12,14H,4-11H2,1-3H3,(H,18,22)(H,19,20)(H,23,24);11,14H,4-10H2,1-3H3,(H,17,18)(H,21,22);5-10H2,1-4H3/t;2*14-;/m.00./s1. The molecule has 0 unspecified atom stereocenters. The molecule has 1 rings (SSSR count). The van der Waals surface area contributed by atoms with Gasteiger partial charge in [-0.15, -0.1) is 5.10 Å². The lowest BCUT2D eigenvalue weighted by Crippen LogP contribution is -2.40. The molecule has 0 aliphatic carbocycles. The molecule has 29 nitrogen and oxygen atoms in total. The summed E-state index contributed by atoms with van der Waals surface area (Å²) in [6.45, 7) is 32.2. The molecule has 0 fully saturated rings. The quantitative estimate of drug-likeness (QED) is 0.0373. The number of aromatic nitrogens is 3. The van der Waals surface area contributed by atoms with Crippen LogP contribution in [0.3, 0.4) is 0 Å². The number of hydrogen-bond acceptors (Lipinski definition) is 21. The zero-order valence-electron chi connectivity index (χ0n) is 61.4. The van der Waals surface area contributed by atoms with Crippen molar-refractivity contribution in [1.82, 2.24) is 41.6 Å². The molecule has 98 heavy (non-hydrogen) atoms. The number of aliphatic carboxylic acids is 2. The Morgan fingerprint density at radius 2 is 0.847 bits per heavy atom. The summed E-state index contributed by atoms with van der Waals surface area (Å²) in [5.41, 5.74) is 0.146. The highest BCUT2D eigenvalue weighted by Gasteiger charge is 2.23. The monoisotopic (exact) mass is 1400 g/mol. The number of aryl methyl sites for hydroxylation is 1. The number of Topliss-reactive ketones (excluding diaryl/α,β-unsaturated/α-hetero) is 6. The van der Waals surface area contributed by atoms with Crippen molar-refractivity contribution >= 4 is 76.2 Å². The van der Waals surface area contributed by atoms with Crippen LogP contribution < -0.4 is 26.6 Å². The van der Waals surface area contributed by atoms with Gasteiger partial charge >= 0.3 is 11.9 Å². The molecule has 1 heterocycles. The van der Waals surface area contributed by atoms with E-state index in [4.69, 9.17) is 38.6 Å². The molecule has 0 aliphatic rings. The maximum atomic E-state index is 12.0. The van der Waals surface area contributed by atoms with Crippen LogP contribution in [0.15, 0.2) is 6.20 Å². The van der Waals surface area contributed by atoms with Gasteiger partial charge < -0.3 is 65.2 Å². The van der Waals surface area contributed by atoms with Crippen molar-refractivity contribution in [3.05, 3.63) is 11.9 Å². The first-order valence-electron chi connectivity index (χ1n) is 34.4. The zero-order chi connectivity index (χ0) is 74.9. The van der Waals surface area contributed by atoms with Crippen molar-refractivity contribution in [1.29, 1.82) is 0 Å². The van der Waals surface area contributed by atoms with Gasteiger partial charge in [-0.3, -0.25) is 52.7 Å². The first kappa shape index (κ1) is 95.4. The van der Waals surface area contributed by atoms with Crippen LogP contribution in [0.1, 0.15) is 212 Å². The molecule has 0 saturated heterocycles. The second-order valence-electron chi connectivity index (χ2n) is 25.7. The minimum atomic E-state index is -1.17. The molecule has 0 aliphatic heterocycles. The third kappa shape index (κ3) is 60.4. The van der Waals surface area contributed by atoms with Crippen molar-refractivity contribution < 1.29 is 101 Å². The number of nitrogens with zero attached hydrogens (tertiary/aromatic N) is 3. The Kier molecular flexibility index (Phi) is 57.5. The van der Waals surface area contributed by atoms with Gasteiger partial charge in [-0.2, -0.15) is 0 Å². The lowest BCUT2D eigenvalue weighted by atomic mass is 9.89. The van der Waals surface area contributed by atoms with E-state index in [0.29, 0.717) is 176 Å². The number of carboxylic acid groups (broad SMARTS) is 2. The fourth-order valence-electron chi connectivity index (χ4n) is 7.69. The second-order valence-corrected chi connectivity index (χ2v) is 25.7. The molecule has 0 saturated carbocycles. The highest BCUT2D eigenvalue weighted by Crippen LogP contribution is 2.17. The number of amides is 5. The first-order chi connectivity index (χ1) is 46.1. The van der Waals surface area contributed by atoms with E-state index in [-0.39, 0.29) is 101 Å². The third-order valence-electron chi connectivity index (χ3n) is 14.0. The number of ether oxygens (including phenoxy) is 6. The predicted molar refractivity (Wildman–Crippen MR) is 367 cm³/mol. The summed E-state index contributed by atoms with van der Waals surface area (Å²) < 4.78 is 33.9. The van der Waals surface area contributed by atoms with Crippen molar-refractivity contribution in [2.75, 3.05) is 98.9 Å². The number of carbonyl (C=O) groups is 13. The Morgan fingerprint density at radius 3 is 1.30 bits per heavy atom. The van der Waals surface area contributed by atoms with E-state index in [2.05, 4.69) is 36.9 Å². The molecule has 0 spiro atoms. The van der Waals surface area contributed by atoms with Gasteiger partial charge in [0.2, 0.25) is 29.5 Å². The summed E-state index contributed by atoms with van der Waals surface area (Å²) in [6, 6.07) is -2.11. The summed E-state index contributed by atoms with van der Waals surface area (Å²) in [4.78, 5) is 147. The average molecular weight is 1400 g/mol. The van der Waals surface area contributed by atoms with Crippen LogP contribution in [0.2, 0.25) is 0 Å². The molecule has 29 heteroatoms. The molecule has 1 aromatic heterocycles. The van der Waals surface area contributed by atoms with Crippen LogP contribution in [0.25, 0.3) is 0 Å². The molecular formula is C69H122N8O21. The summed E-state index contributed by atoms with van der Waals surface area (Å²) in [6.07, 6.45) is 9.31. The molecule has 1 aromatic rings. The Bertz CT molecular complexity index is 2470. The second kappa shape index (κ2) is 59.1. The first-order valence-corrected chi connectivity index (χ1v) is 34.4. The van der Waals surface area contributed by atoms with E-state index >= 15 is 0 Å². The Balaban J connectivity index is -0.00000126. The summed E-state index contributed by atoms with van der Waals surface area (Å²) >= 11 is 0. The fraction of sp³-hybridized carbons (Fsp3) is 0.783. The maximum absolute atomic E-state index is 12.0. The topological polar surface area (TPSA) is 409 Å². The maximum Gasteiger partial charge on any atom is 0.326 e. The van der Waals surface area contributed by atoms with Gasteiger partial charge in [0.05, 0.1) is 65.1 Å². The van der Waals surface area contributed by atoms with E-state index in [1.807, 2.05) is 89.3 Å². The number of ketones is 6. The van der Waals surface area contributed by atoms with Crippen LogP contribution in [0, 0.1) is 22.7 Å². The number of rotatable bonds is 54. The van der Waals surface area contributed by atoms with E-state index in [9.17, 15) is 62.3 Å². The number of hydrogen-bond donors (Lipinski definition) is 7. The summed E-state index contributed by atoms with van der Waals surface area (Å²) in [5.74, 6) is -2.55. The van der Waals surface area contributed by atoms with E-state index < -0.39 is 35.8 Å². The SMILES string of the molecule is CC(=O)N[C@@H](CCC(=O)CCCOCCC(=O)C(C)C)C(=O)O.CC(=O)N[C@@H](CCC(=O)NCCOCCOCCC(=O)C(C)C)C(=O)O.CCC(=O)CCCOCCC(=O)C(C)(C)C.CCC(=O)NCCCOCCCNC(=O)CCc1cn(CCOCCC(=O)C(C)(C)C)nn1. The van der Waals surface area contributed by atoms with Crippen LogP contribution in [-0.2, 0) is 104 Å². The molecule has 7 N–H and O–H groups in total. The molecular weight excluding hydrogens is 1280 g/mol. The number of carboxylic acids is 2. The van der Waals surface area contributed by atoms with Gasteiger partial charge in [0.25, 0.3) is 0 Å². The number of carbonyl (C=O) groups excluding carboxylic acids is 11. The van der Waals surface area contributed by atoms with Crippen LogP contribution in [-0.4, -0.2) is 212 Å². The Labute approximate surface area is 581 Å². The minimum Gasteiger partial charge on any atom is -0.480 e. The zero-order valence-corrected chi connectivity index (χ0v) is 61.4. The van der Waals surface area contributed by atoms with Crippen LogP contribution in [0.5, 0.6) is 0 Å². The number of nitrogens with one attached hydrogen (secondary N) is 5. The highest BCUT2D eigenvalue weighted by molar-refractivity contribution is 5.86. The van der Waals surface area contributed by atoms with Gasteiger partial charge in [0.15, 0.2) is 0 Å². The van der Waals surface area contributed by atoms with Crippen molar-refractivity contribution in [3.8, 4) is 0 Å².